The lowest BCUT2D eigenvalue weighted by Gasteiger charge is -2.14. The van der Waals surface area contributed by atoms with Crippen LogP contribution in [-0.2, 0) is 6.42 Å². The Kier molecular flexibility index (Phi) is 5.22. The van der Waals surface area contributed by atoms with Crippen molar-refractivity contribution >= 4 is 30.1 Å². The second-order valence-electron chi connectivity index (χ2n) is 5.04. The van der Waals surface area contributed by atoms with Crippen LogP contribution in [0.25, 0.3) is 0 Å². The van der Waals surface area contributed by atoms with Crippen LogP contribution in [0.1, 0.15) is 26.3 Å². The van der Waals surface area contributed by atoms with Crippen LogP contribution in [0.4, 0.5) is 5.69 Å². The third-order valence-corrected chi connectivity index (χ3v) is 3.92. The van der Waals surface area contributed by atoms with Gasteiger partial charge in [0.2, 0.25) is 0 Å². The van der Waals surface area contributed by atoms with Crippen LogP contribution >= 0.6 is 12.6 Å². The average Bonchev–Trinajstić information content (AvgIpc) is 2.52. The third kappa shape index (κ3) is 3.68. The van der Waals surface area contributed by atoms with E-state index in [0.29, 0.717) is 17.7 Å². The number of carbonyl (C=O) groups excluding carboxylic acids is 1. The summed E-state index contributed by atoms with van der Waals surface area (Å²) in [7, 11) is 0. The van der Waals surface area contributed by atoms with Gasteiger partial charge in [0.15, 0.2) is 5.78 Å². The van der Waals surface area contributed by atoms with Gasteiger partial charge in [0.05, 0.1) is 5.56 Å². The van der Waals surface area contributed by atoms with Gasteiger partial charge in [0, 0.05) is 22.9 Å². The van der Waals surface area contributed by atoms with Crippen molar-refractivity contribution < 1.29 is 14.7 Å². The molecule has 0 aliphatic rings. The maximum atomic E-state index is 12.6. The predicted molar refractivity (Wildman–Crippen MR) is 89.6 cm³/mol. The number of carboxylic acid groups (broad SMARTS) is 1. The summed E-state index contributed by atoms with van der Waals surface area (Å²) in [4.78, 5) is 23.5. The van der Waals surface area contributed by atoms with Gasteiger partial charge in [-0.3, -0.25) is 4.79 Å². The fraction of sp³-hybridized carbons (Fsp3) is 0.176. The minimum atomic E-state index is -1.11. The molecule has 0 heterocycles. The molecule has 0 radical (unpaired) electrons. The molecule has 1 atom stereocenters. The molecule has 4 nitrogen and oxygen atoms in total. The Morgan fingerprint density at radius 2 is 1.82 bits per heavy atom. The van der Waals surface area contributed by atoms with Crippen LogP contribution in [0, 0.1) is 5.92 Å². The molecule has 0 aromatic heterocycles. The highest BCUT2D eigenvalue weighted by atomic mass is 32.1. The lowest BCUT2D eigenvalue weighted by molar-refractivity contribution is 0.0697. The van der Waals surface area contributed by atoms with E-state index in [0.717, 1.165) is 5.56 Å². The Morgan fingerprint density at radius 1 is 1.14 bits per heavy atom. The predicted octanol–water partition coefficient (Wildman–Crippen LogP) is 2.94. The van der Waals surface area contributed by atoms with Crippen molar-refractivity contribution in [3.63, 3.8) is 0 Å². The van der Waals surface area contributed by atoms with Crippen LogP contribution in [-0.4, -0.2) is 22.6 Å². The summed E-state index contributed by atoms with van der Waals surface area (Å²) in [5.74, 6) is -1.05. The van der Waals surface area contributed by atoms with Crippen molar-refractivity contribution in [2.45, 2.75) is 6.42 Å². The first kappa shape index (κ1) is 16.1. The number of ketones is 1. The standard InChI is InChI=1S/C17H17NO3S/c18-15-9-12(6-7-14(15)17(20)21)16(19)13(10-22)8-11-4-2-1-3-5-11/h1-7,9,13,22H,8,10,18H2,(H,20,21). The van der Waals surface area contributed by atoms with Gasteiger partial charge in [-0.25, -0.2) is 4.79 Å². The molecular formula is C17H17NO3S. The molecular weight excluding hydrogens is 298 g/mol. The molecule has 2 aromatic rings. The van der Waals surface area contributed by atoms with Gasteiger partial charge in [-0.05, 0) is 24.1 Å². The number of nitrogens with two attached hydrogens (primary N) is 1. The Morgan fingerprint density at radius 3 is 2.36 bits per heavy atom. The zero-order valence-electron chi connectivity index (χ0n) is 11.9. The van der Waals surface area contributed by atoms with E-state index in [1.54, 1.807) is 0 Å². The van der Waals surface area contributed by atoms with Crippen molar-refractivity contribution in [2.24, 2.45) is 5.92 Å². The van der Waals surface area contributed by atoms with Crippen LogP contribution in [0.5, 0.6) is 0 Å². The van der Waals surface area contributed by atoms with Crippen LogP contribution in [0.15, 0.2) is 48.5 Å². The summed E-state index contributed by atoms with van der Waals surface area (Å²) in [5.41, 5.74) is 7.27. The number of anilines is 1. The van der Waals surface area contributed by atoms with E-state index in [1.807, 2.05) is 30.3 Å². The molecule has 1 unspecified atom stereocenters. The van der Waals surface area contributed by atoms with Gasteiger partial charge in [-0.2, -0.15) is 12.6 Å². The Balaban J connectivity index is 2.21. The van der Waals surface area contributed by atoms with Gasteiger partial charge in [-0.15, -0.1) is 0 Å². The maximum absolute atomic E-state index is 12.6. The molecule has 5 heteroatoms. The van der Waals surface area contributed by atoms with Gasteiger partial charge in [-0.1, -0.05) is 36.4 Å². The van der Waals surface area contributed by atoms with Gasteiger partial charge < -0.3 is 10.8 Å². The zero-order valence-corrected chi connectivity index (χ0v) is 12.8. The molecule has 0 bridgehead atoms. The molecule has 0 amide bonds. The lowest BCUT2D eigenvalue weighted by Crippen LogP contribution is -2.19. The monoisotopic (exact) mass is 315 g/mol. The first-order valence-electron chi connectivity index (χ1n) is 6.84. The summed E-state index contributed by atoms with van der Waals surface area (Å²) in [6, 6.07) is 14.0. The smallest absolute Gasteiger partial charge is 0.337 e. The van der Waals surface area contributed by atoms with Crippen molar-refractivity contribution in [3.05, 3.63) is 65.2 Å². The molecule has 2 aromatic carbocycles. The number of nitrogen functional groups attached to an aromatic ring is 1. The molecule has 114 valence electrons. The number of thiol groups is 1. The number of carbonyl (C=O) groups is 2. The molecule has 0 spiro atoms. The van der Waals surface area contributed by atoms with E-state index in [4.69, 9.17) is 10.8 Å². The van der Waals surface area contributed by atoms with Gasteiger partial charge >= 0.3 is 5.97 Å². The van der Waals surface area contributed by atoms with Crippen molar-refractivity contribution in [1.29, 1.82) is 0 Å². The normalized spacial score (nSPS) is 11.9. The van der Waals surface area contributed by atoms with E-state index < -0.39 is 5.97 Å². The number of rotatable bonds is 6. The van der Waals surface area contributed by atoms with E-state index in [-0.39, 0.29) is 23.0 Å². The minimum absolute atomic E-state index is 0.00188. The summed E-state index contributed by atoms with van der Waals surface area (Å²) >= 11 is 4.27. The number of hydrogen-bond acceptors (Lipinski definition) is 4. The zero-order chi connectivity index (χ0) is 16.1. The van der Waals surface area contributed by atoms with E-state index in [9.17, 15) is 9.59 Å². The summed E-state index contributed by atoms with van der Waals surface area (Å²) in [5, 5.41) is 8.97. The fourth-order valence-electron chi connectivity index (χ4n) is 2.29. The number of hydrogen-bond donors (Lipinski definition) is 3. The summed E-state index contributed by atoms with van der Waals surface area (Å²) in [6.07, 6.45) is 0.587. The lowest BCUT2D eigenvalue weighted by atomic mass is 9.92. The van der Waals surface area contributed by atoms with Crippen LogP contribution < -0.4 is 5.73 Å². The van der Waals surface area contributed by atoms with Crippen molar-refractivity contribution in [3.8, 4) is 0 Å². The van der Waals surface area contributed by atoms with Crippen LogP contribution in [0.3, 0.4) is 0 Å². The molecule has 0 saturated heterocycles. The first-order chi connectivity index (χ1) is 10.5. The Labute approximate surface area is 134 Å². The maximum Gasteiger partial charge on any atom is 0.337 e. The Hall–Kier alpha value is -2.27. The molecule has 2 rings (SSSR count). The molecule has 0 saturated carbocycles. The SMILES string of the molecule is Nc1cc(C(=O)C(CS)Cc2ccccc2)ccc1C(=O)O. The number of carboxylic acids is 1. The quantitative estimate of drug-likeness (QED) is 0.435. The molecule has 22 heavy (non-hydrogen) atoms. The average molecular weight is 315 g/mol. The van der Waals surface area contributed by atoms with E-state index in [2.05, 4.69) is 12.6 Å². The summed E-state index contributed by atoms with van der Waals surface area (Å²) in [6.45, 7) is 0. The molecule has 0 aliphatic carbocycles. The minimum Gasteiger partial charge on any atom is -0.478 e. The highest BCUT2D eigenvalue weighted by Crippen LogP contribution is 2.20. The number of benzene rings is 2. The second-order valence-corrected chi connectivity index (χ2v) is 5.41. The summed E-state index contributed by atoms with van der Waals surface area (Å²) < 4.78 is 0. The molecule has 0 aliphatic heterocycles. The van der Waals surface area contributed by atoms with Crippen molar-refractivity contribution in [1.82, 2.24) is 0 Å². The van der Waals surface area contributed by atoms with E-state index >= 15 is 0 Å². The number of Topliss-reactive ketones (excluding diaryl/α,β-unsaturated/α-hetero) is 1. The van der Waals surface area contributed by atoms with Gasteiger partial charge in [0.25, 0.3) is 0 Å². The van der Waals surface area contributed by atoms with Crippen molar-refractivity contribution in [2.75, 3.05) is 11.5 Å². The first-order valence-corrected chi connectivity index (χ1v) is 7.48. The fourth-order valence-corrected chi connectivity index (χ4v) is 2.58. The second kappa shape index (κ2) is 7.13. The topological polar surface area (TPSA) is 80.4 Å². The highest BCUT2D eigenvalue weighted by Gasteiger charge is 2.20. The van der Waals surface area contributed by atoms with E-state index in [1.165, 1.54) is 18.2 Å². The molecule has 0 fully saturated rings. The number of aromatic carboxylic acids is 1. The largest absolute Gasteiger partial charge is 0.478 e. The van der Waals surface area contributed by atoms with Crippen LogP contribution in [0.2, 0.25) is 0 Å². The third-order valence-electron chi connectivity index (χ3n) is 3.48. The molecule has 3 N–H and O–H groups in total. The van der Waals surface area contributed by atoms with Gasteiger partial charge in [0.1, 0.15) is 0 Å². The Bertz CT molecular complexity index is 686. The highest BCUT2D eigenvalue weighted by molar-refractivity contribution is 7.80.